The van der Waals surface area contributed by atoms with E-state index in [-0.39, 0.29) is 5.91 Å². The summed E-state index contributed by atoms with van der Waals surface area (Å²) in [6.07, 6.45) is 2.11. The predicted octanol–water partition coefficient (Wildman–Crippen LogP) is 5.11. The second-order valence-corrected chi connectivity index (χ2v) is 11.7. The Balaban J connectivity index is 2.07. The van der Waals surface area contributed by atoms with Crippen molar-refractivity contribution in [3.05, 3.63) is 139 Å². The number of hydrogen-bond donors (Lipinski definition) is 0. The van der Waals surface area contributed by atoms with Crippen LogP contribution in [0.3, 0.4) is 0 Å². The first-order valence-corrected chi connectivity index (χ1v) is 13.1. The quantitative estimate of drug-likeness (QED) is 0.354. The molecule has 0 atom stereocenters. The molecule has 4 aromatic carbocycles. The van der Waals surface area contributed by atoms with Crippen molar-refractivity contribution >= 4 is 29.1 Å². The molecule has 4 rings (SSSR count). The second-order valence-electron chi connectivity index (χ2n) is 8.36. The molecule has 0 heterocycles. The Kier molecular flexibility index (Phi) is 7.25. The van der Waals surface area contributed by atoms with Crippen LogP contribution >= 0.6 is 7.26 Å². The highest BCUT2D eigenvalue weighted by atomic mass is 31.2. The van der Waals surface area contributed by atoms with Gasteiger partial charge >= 0.3 is 0 Å². The lowest BCUT2D eigenvalue weighted by Crippen LogP contribution is -2.40. The van der Waals surface area contributed by atoms with Crippen LogP contribution in [-0.4, -0.2) is 36.9 Å². The van der Waals surface area contributed by atoms with Crippen molar-refractivity contribution in [1.29, 1.82) is 0 Å². The summed E-state index contributed by atoms with van der Waals surface area (Å²) in [5.74, 6) is -0.0270. The van der Waals surface area contributed by atoms with Gasteiger partial charge in [-0.25, -0.2) is 0 Å². The third-order valence-electron chi connectivity index (χ3n) is 5.82. The van der Waals surface area contributed by atoms with Crippen molar-refractivity contribution in [2.75, 3.05) is 21.1 Å². The first kappa shape index (κ1) is 23.5. The Labute approximate surface area is 203 Å². The zero-order chi connectivity index (χ0) is 24.0. The average molecular weight is 466 g/mol. The summed E-state index contributed by atoms with van der Waals surface area (Å²) in [4.78, 5) is 17.7. The van der Waals surface area contributed by atoms with Crippen LogP contribution in [-0.2, 0) is 0 Å². The van der Waals surface area contributed by atoms with Crippen LogP contribution in [0.15, 0.2) is 133 Å². The molecule has 0 spiro atoms. The lowest BCUT2D eigenvalue weighted by Gasteiger charge is -2.34. The van der Waals surface area contributed by atoms with E-state index in [0.717, 1.165) is 5.44 Å². The number of carbonyl (C=O) groups is 1. The summed E-state index contributed by atoms with van der Waals surface area (Å²) in [6.45, 7) is 0. The fourth-order valence-corrected chi connectivity index (χ4v) is 8.80. The largest absolute Gasteiger partial charge is 0.379 e. The van der Waals surface area contributed by atoms with Gasteiger partial charge in [-0.3, -0.25) is 9.69 Å². The molecule has 0 saturated carbocycles. The van der Waals surface area contributed by atoms with Crippen molar-refractivity contribution in [2.24, 2.45) is 0 Å². The van der Waals surface area contributed by atoms with E-state index in [0.29, 0.717) is 5.56 Å². The summed E-state index contributed by atoms with van der Waals surface area (Å²) in [7, 11) is 3.49. The highest BCUT2D eigenvalue weighted by Crippen LogP contribution is 2.63. The Bertz CT molecular complexity index is 1140. The summed E-state index contributed by atoms with van der Waals surface area (Å²) >= 11 is 0. The minimum atomic E-state index is -2.42. The molecule has 34 heavy (non-hydrogen) atoms. The van der Waals surface area contributed by atoms with Crippen molar-refractivity contribution in [3.8, 4) is 0 Å². The maximum atomic E-state index is 13.8. The molecular weight excluding hydrogens is 435 g/mol. The van der Waals surface area contributed by atoms with Crippen LogP contribution in [0.1, 0.15) is 10.4 Å². The molecule has 3 nitrogen and oxygen atoms in total. The topological polar surface area (TPSA) is 23.6 Å². The van der Waals surface area contributed by atoms with E-state index in [9.17, 15) is 4.79 Å². The number of amides is 1. The van der Waals surface area contributed by atoms with Gasteiger partial charge in [0.15, 0.2) is 12.7 Å². The molecule has 4 heteroatoms. The van der Waals surface area contributed by atoms with Crippen molar-refractivity contribution < 1.29 is 4.79 Å². The molecule has 0 aromatic heterocycles. The van der Waals surface area contributed by atoms with E-state index in [2.05, 4.69) is 79.0 Å². The third kappa shape index (κ3) is 4.53. The van der Waals surface area contributed by atoms with Gasteiger partial charge in [-0.05, 0) is 48.5 Å². The molecule has 0 N–H and O–H groups in total. The van der Waals surface area contributed by atoms with Crippen LogP contribution in [0.4, 0.5) is 0 Å². The Hall–Kier alpha value is -3.68. The fraction of sp³-hybridized carbons (Fsp3) is 0.100. The normalized spacial score (nSPS) is 11.7. The molecule has 0 fully saturated rings. The summed E-state index contributed by atoms with van der Waals surface area (Å²) in [6, 6.07) is 41.3. The molecule has 0 unspecified atom stereocenters. The van der Waals surface area contributed by atoms with Crippen LogP contribution < -0.4 is 15.9 Å². The van der Waals surface area contributed by atoms with Gasteiger partial charge in [-0.1, -0.05) is 72.8 Å². The minimum absolute atomic E-state index is 0.0270. The first-order chi connectivity index (χ1) is 16.5. The number of nitrogens with zero attached hydrogens (tertiary/aromatic N) is 2. The summed E-state index contributed by atoms with van der Waals surface area (Å²) in [5.41, 5.74) is 1.65. The third-order valence-corrected chi connectivity index (χ3v) is 10.1. The Morgan fingerprint density at radius 3 is 1.29 bits per heavy atom. The number of benzene rings is 4. The van der Waals surface area contributed by atoms with Crippen LogP contribution in [0.25, 0.3) is 0 Å². The van der Waals surface area contributed by atoms with Crippen LogP contribution in [0, 0.1) is 0 Å². The molecule has 0 bridgehead atoms. The van der Waals surface area contributed by atoms with Gasteiger partial charge in [-0.2, -0.15) is 0 Å². The van der Waals surface area contributed by atoms with Gasteiger partial charge in [-0.15, -0.1) is 0 Å². The van der Waals surface area contributed by atoms with E-state index < -0.39 is 7.26 Å². The molecule has 0 aliphatic carbocycles. The van der Waals surface area contributed by atoms with Gasteiger partial charge in [0.25, 0.3) is 5.91 Å². The first-order valence-electron chi connectivity index (χ1n) is 11.3. The lowest BCUT2D eigenvalue weighted by molar-refractivity contribution is 0.0843. The molecule has 0 aliphatic rings. The van der Waals surface area contributed by atoms with Crippen LogP contribution in [0.5, 0.6) is 0 Å². The number of hydrogen-bond acceptors (Lipinski definition) is 2. The molecule has 170 valence electrons. The summed E-state index contributed by atoms with van der Waals surface area (Å²) in [5, 5.41) is 3.61. The SMILES string of the molecule is CN(C)C=C(N(C)C(=O)c1ccccc1)[P+](c1ccccc1)(c1ccccc1)c1ccccc1. The number of carbonyl (C=O) groups excluding carboxylic acids is 1. The van der Waals surface area contributed by atoms with Gasteiger partial charge in [0.2, 0.25) is 0 Å². The molecule has 0 aliphatic heterocycles. The molecule has 0 radical (unpaired) electrons. The van der Waals surface area contributed by atoms with Crippen molar-refractivity contribution in [2.45, 2.75) is 0 Å². The van der Waals surface area contributed by atoms with Crippen molar-refractivity contribution in [1.82, 2.24) is 9.80 Å². The lowest BCUT2D eigenvalue weighted by atomic mass is 10.2. The standard InChI is InChI=1S/C30H30N2OP/c1-31(2)24-29(32(3)30(33)25-16-8-4-9-17-25)34(26-18-10-5-11-19-26,27-20-12-6-13-21-27)28-22-14-7-15-23-28/h4-24H,1-3H3/q+1. The molecule has 1 amide bonds. The highest BCUT2D eigenvalue weighted by molar-refractivity contribution is 7.99. The zero-order valence-corrected chi connectivity index (χ0v) is 20.8. The Morgan fingerprint density at radius 2 is 0.941 bits per heavy atom. The maximum Gasteiger partial charge on any atom is 0.260 e. The fourth-order valence-electron chi connectivity index (χ4n) is 4.31. The summed E-state index contributed by atoms with van der Waals surface area (Å²) < 4.78 is 0. The second kappa shape index (κ2) is 10.5. The predicted molar refractivity (Wildman–Crippen MR) is 145 cm³/mol. The minimum Gasteiger partial charge on any atom is -0.379 e. The number of rotatable bonds is 7. The van der Waals surface area contributed by atoms with Crippen LogP contribution in [0.2, 0.25) is 0 Å². The Morgan fingerprint density at radius 1 is 0.588 bits per heavy atom. The monoisotopic (exact) mass is 465 g/mol. The average Bonchev–Trinajstić information content (AvgIpc) is 2.90. The highest BCUT2D eigenvalue weighted by Gasteiger charge is 2.52. The van der Waals surface area contributed by atoms with E-state index in [1.54, 1.807) is 0 Å². The van der Waals surface area contributed by atoms with E-state index in [1.807, 2.05) is 79.5 Å². The van der Waals surface area contributed by atoms with Gasteiger partial charge in [0.1, 0.15) is 15.9 Å². The van der Waals surface area contributed by atoms with E-state index >= 15 is 0 Å². The molecule has 4 aromatic rings. The van der Waals surface area contributed by atoms with Gasteiger partial charge in [0.05, 0.1) is 6.20 Å². The van der Waals surface area contributed by atoms with Gasteiger partial charge < -0.3 is 4.90 Å². The van der Waals surface area contributed by atoms with Crippen molar-refractivity contribution in [3.63, 3.8) is 0 Å². The van der Waals surface area contributed by atoms with E-state index in [1.165, 1.54) is 15.9 Å². The smallest absolute Gasteiger partial charge is 0.260 e. The maximum absolute atomic E-state index is 13.8. The zero-order valence-electron chi connectivity index (χ0n) is 19.9. The van der Waals surface area contributed by atoms with Gasteiger partial charge in [0, 0.05) is 26.7 Å². The molecular formula is C30H30N2OP+. The van der Waals surface area contributed by atoms with E-state index in [4.69, 9.17) is 0 Å². The molecule has 0 saturated heterocycles.